The van der Waals surface area contributed by atoms with Crippen LogP contribution in [0.4, 0.5) is 0 Å². The molecule has 0 aliphatic carbocycles. The number of rotatable bonds is 1. The monoisotopic (exact) mass is 263 g/mol. The number of aromatic nitrogens is 5. The van der Waals surface area contributed by atoms with Crippen LogP contribution in [-0.2, 0) is 0 Å². The SMILES string of the molecule is Cc1nc2c(C)cc(-c3ccnc4[nH]ccc34)cn2n1. The van der Waals surface area contributed by atoms with E-state index in [4.69, 9.17) is 0 Å². The fourth-order valence-electron chi connectivity index (χ4n) is 2.62. The Balaban J connectivity index is 2.04. The summed E-state index contributed by atoms with van der Waals surface area (Å²) in [6.45, 7) is 3.96. The number of aromatic amines is 1. The molecule has 0 aromatic carbocycles. The Bertz CT molecular complexity index is 932. The van der Waals surface area contributed by atoms with Crippen molar-refractivity contribution < 1.29 is 0 Å². The van der Waals surface area contributed by atoms with Crippen molar-refractivity contribution in [2.45, 2.75) is 13.8 Å². The molecule has 0 aliphatic heterocycles. The molecule has 98 valence electrons. The van der Waals surface area contributed by atoms with E-state index in [-0.39, 0.29) is 0 Å². The van der Waals surface area contributed by atoms with Crippen molar-refractivity contribution in [2.75, 3.05) is 0 Å². The van der Waals surface area contributed by atoms with Crippen molar-refractivity contribution in [2.24, 2.45) is 0 Å². The first kappa shape index (κ1) is 11.2. The van der Waals surface area contributed by atoms with Gasteiger partial charge in [-0.1, -0.05) is 0 Å². The Labute approximate surface area is 115 Å². The van der Waals surface area contributed by atoms with Gasteiger partial charge in [-0.3, -0.25) is 0 Å². The van der Waals surface area contributed by atoms with Gasteiger partial charge in [0.25, 0.3) is 0 Å². The molecule has 0 radical (unpaired) electrons. The van der Waals surface area contributed by atoms with E-state index in [1.165, 1.54) is 0 Å². The Morgan fingerprint density at radius 1 is 1.20 bits per heavy atom. The fourth-order valence-corrected chi connectivity index (χ4v) is 2.62. The van der Waals surface area contributed by atoms with E-state index in [0.29, 0.717) is 0 Å². The van der Waals surface area contributed by atoms with E-state index in [1.807, 2.05) is 42.2 Å². The molecule has 4 heterocycles. The van der Waals surface area contributed by atoms with E-state index < -0.39 is 0 Å². The van der Waals surface area contributed by atoms with Crippen molar-refractivity contribution in [3.05, 3.63) is 48.2 Å². The van der Waals surface area contributed by atoms with Crippen LogP contribution in [0, 0.1) is 13.8 Å². The highest BCUT2D eigenvalue weighted by atomic mass is 15.3. The molecule has 0 saturated heterocycles. The third-order valence-electron chi connectivity index (χ3n) is 3.49. The van der Waals surface area contributed by atoms with Crippen LogP contribution in [0.1, 0.15) is 11.4 Å². The van der Waals surface area contributed by atoms with Crippen LogP contribution in [0.25, 0.3) is 27.8 Å². The highest BCUT2D eigenvalue weighted by Crippen LogP contribution is 2.28. The topological polar surface area (TPSA) is 58.9 Å². The zero-order valence-electron chi connectivity index (χ0n) is 11.3. The van der Waals surface area contributed by atoms with E-state index in [0.717, 1.165) is 39.2 Å². The van der Waals surface area contributed by atoms with Gasteiger partial charge in [0.15, 0.2) is 5.65 Å². The van der Waals surface area contributed by atoms with E-state index in [9.17, 15) is 0 Å². The summed E-state index contributed by atoms with van der Waals surface area (Å²) in [4.78, 5) is 11.9. The van der Waals surface area contributed by atoms with Crippen LogP contribution in [0.5, 0.6) is 0 Å². The quantitative estimate of drug-likeness (QED) is 0.574. The van der Waals surface area contributed by atoms with E-state index in [1.54, 1.807) is 0 Å². The number of hydrogen-bond acceptors (Lipinski definition) is 3. The van der Waals surface area contributed by atoms with Gasteiger partial charge in [-0.2, -0.15) is 5.10 Å². The zero-order valence-corrected chi connectivity index (χ0v) is 11.3. The average molecular weight is 263 g/mol. The Hall–Kier alpha value is -2.69. The third kappa shape index (κ3) is 1.53. The summed E-state index contributed by atoms with van der Waals surface area (Å²) in [5.74, 6) is 0.784. The second-order valence-corrected chi connectivity index (χ2v) is 4.94. The van der Waals surface area contributed by atoms with Crippen LogP contribution >= 0.6 is 0 Å². The average Bonchev–Trinajstić information content (AvgIpc) is 3.03. The molecule has 4 aromatic rings. The number of hydrogen-bond donors (Lipinski definition) is 1. The van der Waals surface area contributed by atoms with Crippen LogP contribution in [0.2, 0.25) is 0 Å². The van der Waals surface area contributed by atoms with Crippen molar-refractivity contribution >= 4 is 16.7 Å². The molecule has 4 aromatic heterocycles. The second-order valence-electron chi connectivity index (χ2n) is 4.94. The number of fused-ring (bicyclic) bond motifs is 2. The molecular weight excluding hydrogens is 250 g/mol. The van der Waals surface area contributed by atoms with Crippen LogP contribution < -0.4 is 0 Å². The van der Waals surface area contributed by atoms with Crippen LogP contribution in [-0.4, -0.2) is 24.6 Å². The molecule has 0 aliphatic rings. The lowest BCUT2D eigenvalue weighted by Crippen LogP contribution is -1.93. The maximum absolute atomic E-state index is 4.43. The van der Waals surface area contributed by atoms with Crippen molar-refractivity contribution in [3.8, 4) is 11.1 Å². The van der Waals surface area contributed by atoms with Gasteiger partial charge in [-0.25, -0.2) is 14.5 Å². The number of H-pyrrole nitrogens is 1. The van der Waals surface area contributed by atoms with Crippen molar-refractivity contribution in [3.63, 3.8) is 0 Å². The lowest BCUT2D eigenvalue weighted by Gasteiger charge is -2.06. The second kappa shape index (κ2) is 3.90. The smallest absolute Gasteiger partial charge is 0.158 e. The van der Waals surface area contributed by atoms with Crippen molar-refractivity contribution in [1.29, 1.82) is 0 Å². The summed E-state index contributed by atoms with van der Waals surface area (Å²) in [6.07, 6.45) is 5.75. The number of aryl methyl sites for hydroxylation is 2. The van der Waals surface area contributed by atoms with Gasteiger partial charge < -0.3 is 4.98 Å². The molecule has 20 heavy (non-hydrogen) atoms. The molecule has 0 saturated carbocycles. The summed E-state index contributed by atoms with van der Waals surface area (Å²) >= 11 is 0. The van der Waals surface area contributed by atoms with Gasteiger partial charge in [0.1, 0.15) is 11.5 Å². The third-order valence-corrected chi connectivity index (χ3v) is 3.49. The first-order valence-corrected chi connectivity index (χ1v) is 6.48. The molecule has 0 bridgehead atoms. The van der Waals surface area contributed by atoms with Crippen LogP contribution in [0.3, 0.4) is 0 Å². The molecule has 0 unspecified atom stereocenters. The molecule has 0 spiro atoms. The van der Waals surface area contributed by atoms with Gasteiger partial charge >= 0.3 is 0 Å². The van der Waals surface area contributed by atoms with E-state index >= 15 is 0 Å². The predicted octanol–water partition coefficient (Wildman–Crippen LogP) is 2.89. The molecule has 0 atom stereocenters. The van der Waals surface area contributed by atoms with Crippen LogP contribution in [0.15, 0.2) is 36.8 Å². The van der Waals surface area contributed by atoms with Gasteiger partial charge in [0, 0.05) is 29.5 Å². The molecule has 0 amide bonds. The molecule has 4 rings (SSSR count). The van der Waals surface area contributed by atoms with Gasteiger partial charge in [-0.05, 0) is 43.2 Å². The van der Waals surface area contributed by atoms with Gasteiger partial charge in [0.05, 0.1) is 0 Å². The maximum atomic E-state index is 4.43. The Morgan fingerprint density at radius 2 is 2.10 bits per heavy atom. The lowest BCUT2D eigenvalue weighted by molar-refractivity contribution is 0.929. The summed E-state index contributed by atoms with van der Waals surface area (Å²) in [5, 5.41) is 5.52. The first-order chi connectivity index (χ1) is 9.72. The van der Waals surface area contributed by atoms with E-state index in [2.05, 4.69) is 33.0 Å². The Morgan fingerprint density at radius 3 is 3.00 bits per heavy atom. The zero-order chi connectivity index (χ0) is 13.7. The largest absolute Gasteiger partial charge is 0.346 e. The number of pyridine rings is 2. The van der Waals surface area contributed by atoms with Gasteiger partial charge in [0.2, 0.25) is 0 Å². The minimum Gasteiger partial charge on any atom is -0.346 e. The fraction of sp³-hybridized carbons (Fsp3) is 0.133. The predicted molar refractivity (Wildman–Crippen MR) is 77.5 cm³/mol. The van der Waals surface area contributed by atoms with Crippen molar-refractivity contribution in [1.82, 2.24) is 24.6 Å². The molecule has 0 fully saturated rings. The normalized spacial score (nSPS) is 11.5. The maximum Gasteiger partial charge on any atom is 0.158 e. The standard InChI is InChI=1S/C15H13N5/c1-9-7-11(8-20-15(9)18-10(2)19-20)12-3-5-16-14-13(12)4-6-17-14/h3-8H,1-2H3,(H,16,17). The Kier molecular flexibility index (Phi) is 2.18. The molecule has 5 nitrogen and oxygen atoms in total. The summed E-state index contributed by atoms with van der Waals surface area (Å²) in [7, 11) is 0. The highest BCUT2D eigenvalue weighted by molar-refractivity contribution is 5.92. The molecule has 5 heteroatoms. The van der Waals surface area contributed by atoms with Gasteiger partial charge in [-0.15, -0.1) is 0 Å². The lowest BCUT2D eigenvalue weighted by atomic mass is 10.0. The highest BCUT2D eigenvalue weighted by Gasteiger charge is 2.09. The molecular formula is C15H13N5. The summed E-state index contributed by atoms with van der Waals surface area (Å²) in [5.41, 5.74) is 5.19. The minimum absolute atomic E-state index is 0.784. The minimum atomic E-state index is 0.784. The number of nitrogens with zero attached hydrogens (tertiary/aromatic N) is 4. The summed E-state index contributed by atoms with van der Waals surface area (Å²) in [6, 6.07) is 6.22. The number of nitrogens with one attached hydrogen (secondary N) is 1. The first-order valence-electron chi connectivity index (χ1n) is 6.48. The molecule has 1 N–H and O–H groups in total. The summed E-state index contributed by atoms with van der Waals surface area (Å²) < 4.78 is 1.85.